The number of benzene rings is 2. The predicted octanol–water partition coefficient (Wildman–Crippen LogP) is 6.68. The molecule has 0 fully saturated rings. The minimum Gasteiger partial charge on any atom is -0.491 e. The van der Waals surface area contributed by atoms with Crippen molar-refractivity contribution in [3.8, 4) is 11.5 Å². The van der Waals surface area contributed by atoms with Gasteiger partial charge in [0.05, 0.1) is 12.2 Å². The fraction of sp³-hybridized carbons (Fsp3) is 0.514. The maximum Gasteiger partial charge on any atom is 0.330 e. The van der Waals surface area contributed by atoms with E-state index in [1.165, 1.54) is 0 Å². The summed E-state index contributed by atoms with van der Waals surface area (Å²) < 4.78 is 22.8. The van der Waals surface area contributed by atoms with Crippen molar-refractivity contribution >= 4 is 11.9 Å². The van der Waals surface area contributed by atoms with Crippen LogP contribution in [0.3, 0.4) is 0 Å². The number of carbonyl (C=O) groups excluding carboxylic acids is 2. The van der Waals surface area contributed by atoms with E-state index in [1.54, 1.807) is 6.92 Å². The summed E-state index contributed by atoms with van der Waals surface area (Å²) in [6, 6.07) is 12.2. The van der Waals surface area contributed by atoms with Crippen LogP contribution in [0.25, 0.3) is 0 Å². The minimum absolute atomic E-state index is 0.0686. The molecule has 0 aromatic heterocycles. The largest absolute Gasteiger partial charge is 0.491 e. The molecule has 4 atom stereocenters. The average Bonchev–Trinajstić information content (AvgIpc) is 2.99. The van der Waals surface area contributed by atoms with E-state index in [0.29, 0.717) is 25.0 Å². The van der Waals surface area contributed by atoms with Crippen LogP contribution in [0.4, 0.5) is 0 Å². The lowest BCUT2D eigenvalue weighted by molar-refractivity contribution is -0.155. The Morgan fingerprint density at radius 1 is 0.778 bits per heavy atom. The number of esters is 2. The molecule has 8 heteroatoms. The van der Waals surface area contributed by atoms with Gasteiger partial charge in [-0.05, 0) is 74.9 Å². The SMILES string of the molecule is C=CC(=O)OCC(O)CC(C)(CC)Oc1ccc(C(C)(C)c2ccc(OCC(O)C[C@](C)(CC)OC(=O)C=C)c(C)c2)cc1C. The quantitative estimate of drug-likeness (QED) is 0.140. The molecule has 2 aromatic carbocycles. The molecule has 8 nitrogen and oxygen atoms in total. The van der Waals surface area contributed by atoms with Crippen molar-refractivity contribution in [1.29, 1.82) is 0 Å². The fourth-order valence-electron chi connectivity index (χ4n) is 5.12. The second-order valence-corrected chi connectivity index (χ2v) is 12.8. The molecule has 0 amide bonds. The van der Waals surface area contributed by atoms with Gasteiger partial charge in [-0.2, -0.15) is 0 Å². The molecule has 45 heavy (non-hydrogen) atoms. The summed E-state index contributed by atoms with van der Waals surface area (Å²) in [6.07, 6.45) is 2.25. The smallest absolute Gasteiger partial charge is 0.330 e. The molecule has 0 saturated carbocycles. The Labute approximate surface area is 269 Å². The Balaban J connectivity index is 2.12. The Morgan fingerprint density at radius 2 is 1.27 bits per heavy atom. The van der Waals surface area contributed by atoms with Gasteiger partial charge in [0.2, 0.25) is 0 Å². The summed E-state index contributed by atoms with van der Waals surface area (Å²) in [4.78, 5) is 23.1. The molecule has 0 aliphatic rings. The van der Waals surface area contributed by atoms with E-state index in [1.807, 2.05) is 52.8 Å². The highest BCUT2D eigenvalue weighted by molar-refractivity contribution is 5.81. The third-order valence-electron chi connectivity index (χ3n) is 8.51. The Bertz CT molecular complexity index is 1330. The van der Waals surface area contributed by atoms with E-state index in [4.69, 9.17) is 18.9 Å². The van der Waals surface area contributed by atoms with Gasteiger partial charge in [0, 0.05) is 30.4 Å². The number of hydrogen-bond acceptors (Lipinski definition) is 8. The molecule has 3 unspecified atom stereocenters. The molecule has 0 bridgehead atoms. The fourth-order valence-corrected chi connectivity index (χ4v) is 5.12. The third kappa shape index (κ3) is 10.8. The molecule has 0 aliphatic heterocycles. The van der Waals surface area contributed by atoms with Crippen LogP contribution >= 0.6 is 0 Å². The van der Waals surface area contributed by atoms with Gasteiger partial charge in [-0.1, -0.05) is 65.1 Å². The van der Waals surface area contributed by atoms with Gasteiger partial charge in [0.25, 0.3) is 0 Å². The van der Waals surface area contributed by atoms with E-state index < -0.39 is 35.3 Å². The first-order valence-corrected chi connectivity index (χ1v) is 15.6. The van der Waals surface area contributed by atoms with Crippen molar-refractivity contribution in [3.63, 3.8) is 0 Å². The van der Waals surface area contributed by atoms with E-state index in [-0.39, 0.29) is 25.0 Å². The summed E-state index contributed by atoms with van der Waals surface area (Å²) in [5.41, 5.74) is 2.32. The topological polar surface area (TPSA) is 112 Å². The third-order valence-corrected chi connectivity index (χ3v) is 8.51. The van der Waals surface area contributed by atoms with Crippen molar-refractivity contribution in [2.24, 2.45) is 0 Å². The molecule has 0 saturated heterocycles. The highest BCUT2D eigenvalue weighted by Crippen LogP contribution is 2.37. The number of aryl methyl sites for hydroxylation is 2. The van der Waals surface area contributed by atoms with Crippen LogP contribution in [0.5, 0.6) is 11.5 Å². The number of rotatable bonds is 18. The molecule has 0 spiro atoms. The van der Waals surface area contributed by atoms with Crippen molar-refractivity contribution in [2.45, 2.75) is 110 Å². The maximum absolute atomic E-state index is 11.7. The summed E-state index contributed by atoms with van der Waals surface area (Å²) in [6.45, 7) is 22.7. The van der Waals surface area contributed by atoms with Crippen molar-refractivity contribution < 1.29 is 38.7 Å². The summed E-state index contributed by atoms with van der Waals surface area (Å²) in [5.74, 6) is 0.318. The number of aliphatic hydroxyl groups is 2. The van der Waals surface area contributed by atoms with Gasteiger partial charge < -0.3 is 29.2 Å². The van der Waals surface area contributed by atoms with E-state index in [2.05, 4.69) is 45.2 Å². The first-order chi connectivity index (χ1) is 21.0. The van der Waals surface area contributed by atoms with Crippen LogP contribution in [0.1, 0.15) is 89.5 Å². The van der Waals surface area contributed by atoms with Gasteiger partial charge in [0.1, 0.15) is 35.9 Å². The first kappa shape index (κ1) is 37.6. The molecular formula is C37H52O8. The van der Waals surface area contributed by atoms with E-state index in [0.717, 1.165) is 40.2 Å². The van der Waals surface area contributed by atoms with E-state index >= 15 is 0 Å². The Hall–Kier alpha value is -3.62. The van der Waals surface area contributed by atoms with Crippen LogP contribution in [0, 0.1) is 13.8 Å². The van der Waals surface area contributed by atoms with Gasteiger partial charge in [0.15, 0.2) is 0 Å². The number of carbonyl (C=O) groups is 2. The maximum atomic E-state index is 11.7. The van der Waals surface area contributed by atoms with Crippen molar-refractivity contribution in [1.82, 2.24) is 0 Å². The van der Waals surface area contributed by atoms with Crippen LogP contribution in [-0.4, -0.2) is 58.8 Å². The zero-order valence-electron chi connectivity index (χ0n) is 28.3. The van der Waals surface area contributed by atoms with Gasteiger partial charge >= 0.3 is 11.9 Å². The lowest BCUT2D eigenvalue weighted by Crippen LogP contribution is -2.37. The molecule has 2 N–H and O–H groups in total. The molecule has 0 radical (unpaired) electrons. The van der Waals surface area contributed by atoms with E-state index in [9.17, 15) is 19.8 Å². The first-order valence-electron chi connectivity index (χ1n) is 15.6. The summed E-state index contributed by atoms with van der Waals surface area (Å²) in [5, 5.41) is 21.1. The van der Waals surface area contributed by atoms with Crippen molar-refractivity contribution in [3.05, 3.63) is 84.0 Å². The normalized spacial score (nSPS) is 15.5. The molecule has 2 aromatic rings. The monoisotopic (exact) mass is 624 g/mol. The number of aliphatic hydroxyl groups excluding tert-OH is 2. The molecule has 2 rings (SSSR count). The van der Waals surface area contributed by atoms with Crippen LogP contribution < -0.4 is 9.47 Å². The summed E-state index contributed by atoms with van der Waals surface area (Å²) in [7, 11) is 0. The molecular weight excluding hydrogens is 572 g/mol. The zero-order valence-corrected chi connectivity index (χ0v) is 28.3. The van der Waals surface area contributed by atoms with Gasteiger partial charge in [-0.3, -0.25) is 0 Å². The zero-order chi connectivity index (χ0) is 34.0. The highest BCUT2D eigenvalue weighted by Gasteiger charge is 2.31. The standard InChI is InChI=1S/C37H52O8/c1-11-33(40)43-24-30(39)21-36(9,13-3)44-32-18-16-28(20-26(32)6)35(7,8)27-15-17-31(25(5)19-27)42-23-29(38)22-37(10,14-4)45-34(41)12-2/h11-12,15-20,29-30,38-39H,1-2,13-14,21-24H2,3-10H3/t29?,30?,36?,37-/m0/s1. The number of ether oxygens (including phenoxy) is 4. The number of hydrogen-bond donors (Lipinski definition) is 2. The molecule has 248 valence electrons. The van der Waals surface area contributed by atoms with Gasteiger partial charge in [-0.25, -0.2) is 9.59 Å². The second-order valence-electron chi connectivity index (χ2n) is 12.8. The van der Waals surface area contributed by atoms with Gasteiger partial charge in [-0.15, -0.1) is 0 Å². The molecule has 0 heterocycles. The van der Waals surface area contributed by atoms with Crippen LogP contribution in [0.15, 0.2) is 61.7 Å². The Kier molecular flexibility index (Phi) is 13.4. The predicted molar refractivity (Wildman–Crippen MR) is 177 cm³/mol. The average molecular weight is 625 g/mol. The van der Waals surface area contributed by atoms with Crippen LogP contribution in [0.2, 0.25) is 0 Å². The summed E-state index contributed by atoms with van der Waals surface area (Å²) >= 11 is 0. The Morgan fingerprint density at radius 3 is 1.76 bits per heavy atom. The van der Waals surface area contributed by atoms with Crippen molar-refractivity contribution in [2.75, 3.05) is 13.2 Å². The lowest BCUT2D eigenvalue weighted by Gasteiger charge is -2.33. The second kappa shape index (κ2) is 16.1. The molecule has 0 aliphatic carbocycles. The lowest BCUT2D eigenvalue weighted by atomic mass is 9.77. The minimum atomic E-state index is -0.866. The van der Waals surface area contributed by atoms with Crippen LogP contribution in [-0.2, 0) is 24.5 Å². The highest BCUT2D eigenvalue weighted by atomic mass is 16.6.